The van der Waals surface area contributed by atoms with Crippen molar-refractivity contribution in [3.8, 4) is 0 Å². The van der Waals surface area contributed by atoms with Gasteiger partial charge in [0.25, 0.3) is 0 Å². The molecule has 2 saturated heterocycles. The molecule has 0 spiro atoms. The summed E-state index contributed by atoms with van der Waals surface area (Å²) in [6, 6.07) is 0. The molecule has 264 valence electrons. The summed E-state index contributed by atoms with van der Waals surface area (Å²) in [5, 5.41) is 0. The molecular formula is C43H74O3. The van der Waals surface area contributed by atoms with E-state index in [0.29, 0.717) is 24.0 Å². The standard InChI is InChI=1S/C43H74O3/c1-3-5-7-9-11-13-15-17-19-21-23-25-27-29-31-33-35-43(45-41-39-37-44-38-40(39)42(41)46-43)36-34-32-30-28-26-24-22-20-18-16-14-12-10-8-6-4-2/h11-14,17-20,39-42H,3-10,15-16,21-38H2,1-2H3/b13-11-,14-12-,19-17-,20-18-/t39-,40+,41-,42+. The Kier molecular flexibility index (Phi) is 22.0. The fraction of sp³-hybridized carbons (Fsp3) is 0.814. The van der Waals surface area contributed by atoms with Crippen LogP contribution in [0.4, 0.5) is 0 Å². The van der Waals surface area contributed by atoms with Crippen molar-refractivity contribution in [2.75, 3.05) is 13.2 Å². The summed E-state index contributed by atoms with van der Waals surface area (Å²) in [7, 11) is 0. The van der Waals surface area contributed by atoms with Crippen molar-refractivity contribution in [2.45, 2.75) is 199 Å². The molecule has 3 nitrogen and oxygen atoms in total. The lowest BCUT2D eigenvalue weighted by Gasteiger charge is -2.39. The molecule has 0 N–H and O–H groups in total. The minimum absolute atomic E-state index is 0.293. The number of hydrogen-bond donors (Lipinski definition) is 0. The van der Waals surface area contributed by atoms with Crippen molar-refractivity contribution in [3.05, 3.63) is 48.6 Å². The monoisotopic (exact) mass is 639 g/mol. The van der Waals surface area contributed by atoms with E-state index in [-0.39, 0.29) is 5.79 Å². The SMILES string of the molecule is CCCCC/C=C\C/C=C\CCCCCCCCC1(CCCCCCCC/C=C\C/C=C\CCCCC)O[C@@H]2[C@@H]3COC[C@@H]3[C@@H]2O1. The minimum Gasteiger partial charge on any atom is -0.381 e. The maximum absolute atomic E-state index is 6.78. The average molecular weight is 639 g/mol. The van der Waals surface area contributed by atoms with E-state index in [2.05, 4.69) is 62.5 Å². The van der Waals surface area contributed by atoms with E-state index >= 15 is 0 Å². The van der Waals surface area contributed by atoms with Crippen LogP contribution in [0.3, 0.4) is 0 Å². The molecule has 0 aromatic heterocycles. The van der Waals surface area contributed by atoms with Gasteiger partial charge in [-0.15, -0.1) is 0 Å². The van der Waals surface area contributed by atoms with Crippen LogP contribution in [0.15, 0.2) is 48.6 Å². The third kappa shape index (κ3) is 15.8. The molecular weight excluding hydrogens is 564 g/mol. The molecule has 3 rings (SSSR count). The molecule has 0 bridgehead atoms. The normalized spacial score (nSPS) is 23.8. The Bertz CT molecular complexity index is 773. The first-order chi connectivity index (χ1) is 22.8. The van der Waals surface area contributed by atoms with E-state index in [1.807, 2.05) is 0 Å². The largest absolute Gasteiger partial charge is 0.381 e. The van der Waals surface area contributed by atoms with Crippen LogP contribution in [-0.4, -0.2) is 31.2 Å². The Balaban J connectivity index is 1.20. The van der Waals surface area contributed by atoms with E-state index in [9.17, 15) is 0 Å². The number of fused-ring (bicyclic) bond motifs is 4. The lowest BCUT2D eigenvalue weighted by molar-refractivity contribution is -0.183. The molecule has 0 aromatic carbocycles. The smallest absolute Gasteiger partial charge is 0.169 e. The molecule has 3 fully saturated rings. The van der Waals surface area contributed by atoms with Gasteiger partial charge in [0.15, 0.2) is 5.79 Å². The van der Waals surface area contributed by atoms with Crippen LogP contribution in [0.5, 0.6) is 0 Å². The highest BCUT2D eigenvalue weighted by atomic mass is 16.8. The third-order valence-corrected chi connectivity index (χ3v) is 10.6. The summed E-state index contributed by atoms with van der Waals surface area (Å²) in [6.45, 7) is 6.29. The zero-order valence-electron chi connectivity index (χ0n) is 30.5. The van der Waals surface area contributed by atoms with Crippen LogP contribution in [0.1, 0.15) is 181 Å². The molecule has 2 heterocycles. The molecule has 3 aliphatic rings. The van der Waals surface area contributed by atoms with Gasteiger partial charge in [0.2, 0.25) is 0 Å². The first-order valence-corrected chi connectivity index (χ1v) is 20.3. The van der Waals surface area contributed by atoms with Gasteiger partial charge in [0.05, 0.1) is 25.4 Å². The molecule has 1 saturated carbocycles. The van der Waals surface area contributed by atoms with Crippen molar-refractivity contribution in [1.29, 1.82) is 0 Å². The summed E-state index contributed by atoms with van der Waals surface area (Å²) in [4.78, 5) is 0. The van der Waals surface area contributed by atoms with Crippen LogP contribution >= 0.6 is 0 Å². The predicted octanol–water partition coefficient (Wildman–Crippen LogP) is 13.2. The minimum atomic E-state index is -0.315. The second-order valence-electron chi connectivity index (χ2n) is 14.6. The van der Waals surface area contributed by atoms with E-state index < -0.39 is 0 Å². The van der Waals surface area contributed by atoms with E-state index in [4.69, 9.17) is 14.2 Å². The van der Waals surface area contributed by atoms with Crippen LogP contribution in [0, 0.1) is 11.8 Å². The topological polar surface area (TPSA) is 27.7 Å². The molecule has 1 aliphatic carbocycles. The molecule has 46 heavy (non-hydrogen) atoms. The van der Waals surface area contributed by atoms with Gasteiger partial charge in [-0.3, -0.25) is 0 Å². The summed E-state index contributed by atoms with van der Waals surface area (Å²) in [5.41, 5.74) is 0. The zero-order chi connectivity index (χ0) is 32.4. The first kappa shape index (κ1) is 39.3. The number of allylic oxidation sites excluding steroid dienone is 8. The molecule has 0 unspecified atom stereocenters. The van der Waals surface area contributed by atoms with Gasteiger partial charge in [-0.2, -0.15) is 0 Å². The van der Waals surface area contributed by atoms with Gasteiger partial charge < -0.3 is 14.2 Å². The van der Waals surface area contributed by atoms with Crippen molar-refractivity contribution >= 4 is 0 Å². The van der Waals surface area contributed by atoms with Gasteiger partial charge in [-0.05, 0) is 77.0 Å². The maximum Gasteiger partial charge on any atom is 0.169 e. The molecule has 2 aliphatic heterocycles. The van der Waals surface area contributed by atoms with Crippen molar-refractivity contribution in [1.82, 2.24) is 0 Å². The van der Waals surface area contributed by atoms with Gasteiger partial charge in [-0.25, -0.2) is 0 Å². The number of rotatable bonds is 30. The second kappa shape index (κ2) is 25.8. The molecule has 3 heteroatoms. The number of unbranched alkanes of at least 4 members (excludes halogenated alkanes) is 18. The Morgan fingerprint density at radius 2 is 0.783 bits per heavy atom. The van der Waals surface area contributed by atoms with Crippen molar-refractivity contribution < 1.29 is 14.2 Å². The average Bonchev–Trinajstić information content (AvgIpc) is 3.64. The zero-order valence-corrected chi connectivity index (χ0v) is 30.5. The highest BCUT2D eigenvalue weighted by Crippen LogP contribution is 2.53. The lowest BCUT2D eigenvalue weighted by atomic mass is 9.71. The molecule has 0 aromatic rings. The van der Waals surface area contributed by atoms with Gasteiger partial charge in [-0.1, -0.05) is 140 Å². The lowest BCUT2D eigenvalue weighted by Crippen LogP contribution is -2.52. The predicted molar refractivity (Wildman–Crippen MR) is 198 cm³/mol. The Morgan fingerprint density at radius 3 is 1.17 bits per heavy atom. The van der Waals surface area contributed by atoms with Gasteiger partial charge in [0, 0.05) is 24.7 Å². The van der Waals surface area contributed by atoms with E-state index in [1.165, 1.54) is 141 Å². The summed E-state index contributed by atoms with van der Waals surface area (Å²) in [5.74, 6) is 0.849. The first-order valence-electron chi connectivity index (χ1n) is 20.3. The highest BCUT2D eigenvalue weighted by Gasteiger charge is 2.63. The second-order valence-corrected chi connectivity index (χ2v) is 14.6. The van der Waals surface area contributed by atoms with Crippen LogP contribution in [0.2, 0.25) is 0 Å². The molecule has 0 radical (unpaired) electrons. The van der Waals surface area contributed by atoms with E-state index in [0.717, 1.165) is 38.9 Å². The molecule has 4 atom stereocenters. The summed E-state index contributed by atoms with van der Waals surface area (Å²) in [6.07, 6.45) is 52.6. The van der Waals surface area contributed by atoms with Crippen molar-refractivity contribution in [3.63, 3.8) is 0 Å². The van der Waals surface area contributed by atoms with E-state index in [1.54, 1.807) is 0 Å². The maximum atomic E-state index is 6.78. The fourth-order valence-corrected chi connectivity index (χ4v) is 7.56. The summed E-state index contributed by atoms with van der Waals surface area (Å²) < 4.78 is 19.3. The Hall–Kier alpha value is -1.16. The number of ether oxygens (including phenoxy) is 3. The Labute approximate surface area is 286 Å². The highest BCUT2D eigenvalue weighted by molar-refractivity contribution is 5.07. The van der Waals surface area contributed by atoms with Gasteiger partial charge >= 0.3 is 0 Å². The van der Waals surface area contributed by atoms with Crippen LogP contribution in [0.25, 0.3) is 0 Å². The van der Waals surface area contributed by atoms with Crippen LogP contribution in [-0.2, 0) is 14.2 Å². The molecule has 0 amide bonds. The Morgan fingerprint density at radius 1 is 0.435 bits per heavy atom. The van der Waals surface area contributed by atoms with Crippen molar-refractivity contribution in [2.24, 2.45) is 11.8 Å². The quantitative estimate of drug-likeness (QED) is 0.0579. The summed E-state index contributed by atoms with van der Waals surface area (Å²) >= 11 is 0. The number of hydrogen-bond acceptors (Lipinski definition) is 3. The third-order valence-electron chi connectivity index (χ3n) is 10.6. The van der Waals surface area contributed by atoms with Crippen LogP contribution < -0.4 is 0 Å². The van der Waals surface area contributed by atoms with Gasteiger partial charge in [0.1, 0.15) is 0 Å². The fourth-order valence-electron chi connectivity index (χ4n) is 7.56.